The monoisotopic (exact) mass is 276 g/mol. The molecular formula is C16H24N2O2. The highest BCUT2D eigenvalue weighted by Gasteiger charge is 2.38. The van der Waals surface area contributed by atoms with Gasteiger partial charge in [0, 0.05) is 19.0 Å². The number of benzene rings is 1. The molecule has 1 aliphatic rings. The quantitative estimate of drug-likeness (QED) is 0.868. The first kappa shape index (κ1) is 14.9. The van der Waals surface area contributed by atoms with Gasteiger partial charge >= 0.3 is 0 Å². The van der Waals surface area contributed by atoms with Crippen LogP contribution in [0, 0.1) is 0 Å². The molecule has 2 rings (SSSR count). The number of rotatable bonds is 6. The third-order valence-corrected chi connectivity index (χ3v) is 3.61. The van der Waals surface area contributed by atoms with E-state index in [2.05, 4.69) is 13.8 Å². The Morgan fingerprint density at radius 3 is 2.85 bits per heavy atom. The highest BCUT2D eigenvalue weighted by atomic mass is 16.5. The van der Waals surface area contributed by atoms with Crippen LogP contribution < -0.4 is 10.5 Å². The van der Waals surface area contributed by atoms with E-state index in [9.17, 15) is 4.79 Å². The van der Waals surface area contributed by atoms with Gasteiger partial charge in [0.2, 0.25) is 5.91 Å². The second-order valence-electron chi connectivity index (χ2n) is 5.32. The van der Waals surface area contributed by atoms with Gasteiger partial charge in [-0.25, -0.2) is 0 Å². The molecule has 4 nitrogen and oxygen atoms in total. The Morgan fingerprint density at radius 1 is 1.35 bits per heavy atom. The molecule has 0 bridgehead atoms. The van der Waals surface area contributed by atoms with E-state index in [1.165, 1.54) is 0 Å². The predicted molar refractivity (Wildman–Crippen MR) is 79.6 cm³/mol. The summed E-state index contributed by atoms with van der Waals surface area (Å²) in [6.45, 7) is 5.63. The number of carbonyl (C=O) groups excluding carboxylic acids is 1. The average Bonchev–Trinajstić information content (AvgIpc) is 2.72. The molecule has 1 fully saturated rings. The summed E-state index contributed by atoms with van der Waals surface area (Å²) in [6, 6.07) is 7.82. The standard InChI is InChI=1S/C16H24N2O2/c1-3-8-18-15(19)11-14(17)16(18)12-6-5-7-13(10-12)20-9-4-2/h5-7,10,14,16H,3-4,8-9,11,17H2,1-2H3. The Hall–Kier alpha value is -1.55. The third-order valence-electron chi connectivity index (χ3n) is 3.61. The molecule has 1 saturated heterocycles. The van der Waals surface area contributed by atoms with Gasteiger partial charge in [-0.05, 0) is 30.5 Å². The van der Waals surface area contributed by atoms with Crippen molar-refractivity contribution in [2.75, 3.05) is 13.2 Å². The lowest BCUT2D eigenvalue weighted by Gasteiger charge is -2.27. The fourth-order valence-corrected chi connectivity index (χ4v) is 2.76. The maximum absolute atomic E-state index is 12.0. The fraction of sp³-hybridized carbons (Fsp3) is 0.562. The van der Waals surface area contributed by atoms with E-state index in [1.54, 1.807) is 0 Å². The van der Waals surface area contributed by atoms with Crippen molar-refractivity contribution in [3.05, 3.63) is 29.8 Å². The average molecular weight is 276 g/mol. The Kier molecular flexibility index (Phi) is 5.01. The molecule has 20 heavy (non-hydrogen) atoms. The highest BCUT2D eigenvalue weighted by Crippen LogP contribution is 2.33. The maximum Gasteiger partial charge on any atom is 0.224 e. The zero-order chi connectivity index (χ0) is 14.5. The van der Waals surface area contributed by atoms with Gasteiger partial charge < -0.3 is 15.4 Å². The van der Waals surface area contributed by atoms with E-state index >= 15 is 0 Å². The van der Waals surface area contributed by atoms with Crippen LogP contribution in [0.3, 0.4) is 0 Å². The molecule has 1 amide bonds. The largest absolute Gasteiger partial charge is 0.494 e. The van der Waals surface area contributed by atoms with Crippen molar-refractivity contribution < 1.29 is 9.53 Å². The second kappa shape index (κ2) is 6.75. The van der Waals surface area contributed by atoms with Crippen molar-refractivity contribution in [2.24, 2.45) is 5.73 Å². The van der Waals surface area contributed by atoms with E-state index in [0.717, 1.165) is 30.7 Å². The summed E-state index contributed by atoms with van der Waals surface area (Å²) < 4.78 is 5.67. The first-order valence-electron chi connectivity index (χ1n) is 7.45. The first-order valence-corrected chi connectivity index (χ1v) is 7.45. The summed E-state index contributed by atoms with van der Waals surface area (Å²) in [5.74, 6) is 1.01. The highest BCUT2D eigenvalue weighted by molar-refractivity contribution is 5.80. The topological polar surface area (TPSA) is 55.6 Å². The summed E-state index contributed by atoms with van der Waals surface area (Å²) in [5.41, 5.74) is 7.24. The number of nitrogens with zero attached hydrogens (tertiary/aromatic N) is 1. The Labute approximate surface area is 120 Å². The number of likely N-dealkylation sites (tertiary alicyclic amines) is 1. The van der Waals surface area contributed by atoms with Crippen LogP contribution in [0.25, 0.3) is 0 Å². The Balaban J connectivity index is 2.21. The normalized spacial score (nSPS) is 22.4. The minimum Gasteiger partial charge on any atom is -0.494 e. The molecule has 0 aliphatic carbocycles. The van der Waals surface area contributed by atoms with E-state index in [-0.39, 0.29) is 18.0 Å². The molecule has 2 unspecified atom stereocenters. The van der Waals surface area contributed by atoms with Crippen LogP contribution >= 0.6 is 0 Å². The van der Waals surface area contributed by atoms with Gasteiger partial charge in [-0.3, -0.25) is 4.79 Å². The van der Waals surface area contributed by atoms with Crippen molar-refractivity contribution in [3.63, 3.8) is 0 Å². The molecule has 1 aromatic carbocycles. The van der Waals surface area contributed by atoms with Crippen LogP contribution in [0.15, 0.2) is 24.3 Å². The number of hydrogen-bond donors (Lipinski definition) is 1. The molecule has 110 valence electrons. The summed E-state index contributed by atoms with van der Waals surface area (Å²) in [4.78, 5) is 13.9. The minimum atomic E-state index is -0.129. The summed E-state index contributed by atoms with van der Waals surface area (Å²) in [5, 5.41) is 0. The van der Waals surface area contributed by atoms with Gasteiger partial charge in [0.25, 0.3) is 0 Å². The molecule has 1 heterocycles. The zero-order valence-corrected chi connectivity index (χ0v) is 12.3. The molecule has 2 atom stereocenters. The van der Waals surface area contributed by atoms with Crippen LogP contribution in [0.1, 0.15) is 44.7 Å². The van der Waals surface area contributed by atoms with Gasteiger partial charge in [-0.2, -0.15) is 0 Å². The van der Waals surface area contributed by atoms with Crippen LogP contribution in [0.2, 0.25) is 0 Å². The molecule has 1 aliphatic heterocycles. The van der Waals surface area contributed by atoms with Crippen molar-refractivity contribution in [1.29, 1.82) is 0 Å². The lowest BCUT2D eigenvalue weighted by molar-refractivity contribution is -0.129. The predicted octanol–water partition coefficient (Wildman–Crippen LogP) is 2.49. The molecule has 0 radical (unpaired) electrons. The molecular weight excluding hydrogens is 252 g/mol. The van der Waals surface area contributed by atoms with Gasteiger partial charge in [-0.1, -0.05) is 26.0 Å². The van der Waals surface area contributed by atoms with Gasteiger partial charge in [0.05, 0.1) is 12.6 Å². The van der Waals surface area contributed by atoms with E-state index in [4.69, 9.17) is 10.5 Å². The number of carbonyl (C=O) groups is 1. The third kappa shape index (κ3) is 3.12. The van der Waals surface area contributed by atoms with Crippen LogP contribution in [0.4, 0.5) is 0 Å². The number of hydrogen-bond acceptors (Lipinski definition) is 3. The van der Waals surface area contributed by atoms with Gasteiger partial charge in [0.15, 0.2) is 0 Å². The van der Waals surface area contributed by atoms with Gasteiger partial charge in [0.1, 0.15) is 5.75 Å². The summed E-state index contributed by atoms with van der Waals surface area (Å²) in [6.07, 6.45) is 2.36. The van der Waals surface area contributed by atoms with E-state index in [1.807, 2.05) is 29.2 Å². The van der Waals surface area contributed by atoms with Crippen LogP contribution in [0.5, 0.6) is 5.75 Å². The van der Waals surface area contributed by atoms with Crippen LogP contribution in [-0.2, 0) is 4.79 Å². The Morgan fingerprint density at radius 2 is 2.15 bits per heavy atom. The minimum absolute atomic E-state index is 0.0207. The van der Waals surface area contributed by atoms with Crippen molar-refractivity contribution in [2.45, 2.75) is 45.2 Å². The molecule has 2 N–H and O–H groups in total. The molecule has 0 aromatic heterocycles. The number of ether oxygens (including phenoxy) is 1. The maximum atomic E-state index is 12.0. The molecule has 0 saturated carbocycles. The van der Waals surface area contributed by atoms with Gasteiger partial charge in [-0.15, -0.1) is 0 Å². The second-order valence-corrected chi connectivity index (χ2v) is 5.32. The van der Waals surface area contributed by atoms with Crippen molar-refractivity contribution >= 4 is 5.91 Å². The van der Waals surface area contributed by atoms with E-state index < -0.39 is 0 Å². The number of nitrogens with two attached hydrogens (primary N) is 1. The zero-order valence-electron chi connectivity index (χ0n) is 12.3. The summed E-state index contributed by atoms with van der Waals surface area (Å²) >= 11 is 0. The summed E-state index contributed by atoms with van der Waals surface area (Å²) in [7, 11) is 0. The van der Waals surface area contributed by atoms with Crippen molar-refractivity contribution in [3.8, 4) is 5.75 Å². The fourth-order valence-electron chi connectivity index (χ4n) is 2.76. The van der Waals surface area contributed by atoms with Crippen LogP contribution in [-0.4, -0.2) is 30.0 Å². The smallest absolute Gasteiger partial charge is 0.224 e. The molecule has 4 heteroatoms. The lowest BCUT2D eigenvalue weighted by Crippen LogP contribution is -2.33. The van der Waals surface area contributed by atoms with E-state index in [0.29, 0.717) is 13.0 Å². The molecule has 0 spiro atoms. The first-order chi connectivity index (χ1) is 9.67. The Bertz CT molecular complexity index is 462. The SMILES string of the molecule is CCCOc1cccc(C2C(N)CC(=O)N2CCC)c1. The van der Waals surface area contributed by atoms with Crippen molar-refractivity contribution in [1.82, 2.24) is 4.90 Å². The lowest BCUT2D eigenvalue weighted by atomic mass is 10.0. The molecule has 1 aromatic rings. The number of amides is 1.